The number of aromatic amines is 1. The zero-order valence-corrected chi connectivity index (χ0v) is 17.2. The lowest BCUT2D eigenvalue weighted by atomic mass is 10.1. The maximum absolute atomic E-state index is 12.4. The Hall–Kier alpha value is -2.59. The van der Waals surface area contributed by atoms with Crippen molar-refractivity contribution in [1.29, 1.82) is 0 Å². The number of hydrogen-bond acceptors (Lipinski definition) is 6. The van der Waals surface area contributed by atoms with Gasteiger partial charge in [-0.25, -0.2) is 9.89 Å². The summed E-state index contributed by atoms with van der Waals surface area (Å²) >= 11 is 1.19. The number of morpholine rings is 1. The Labute approximate surface area is 173 Å². The highest BCUT2D eigenvalue weighted by atomic mass is 32.2. The van der Waals surface area contributed by atoms with E-state index in [2.05, 4.69) is 10.2 Å². The number of carbonyl (C=O) groups is 2. The Bertz CT molecular complexity index is 876. The van der Waals surface area contributed by atoms with Crippen molar-refractivity contribution in [2.75, 3.05) is 45.6 Å². The number of likely N-dealkylation sites (N-methyl/N-ethyl adjacent to an activating group) is 1. The van der Waals surface area contributed by atoms with Gasteiger partial charge in [0.15, 0.2) is 5.16 Å². The number of thioether (sulfide) groups is 1. The molecule has 1 N–H and O–H groups in total. The molecule has 0 aliphatic carbocycles. The van der Waals surface area contributed by atoms with E-state index in [1.54, 1.807) is 11.9 Å². The van der Waals surface area contributed by atoms with Crippen LogP contribution in [0.3, 0.4) is 0 Å². The summed E-state index contributed by atoms with van der Waals surface area (Å²) < 4.78 is 6.77. The zero-order valence-electron chi connectivity index (χ0n) is 16.4. The van der Waals surface area contributed by atoms with Gasteiger partial charge in [0.1, 0.15) is 0 Å². The van der Waals surface area contributed by atoms with Crippen molar-refractivity contribution >= 4 is 23.6 Å². The molecule has 1 saturated heterocycles. The lowest BCUT2D eigenvalue weighted by Crippen LogP contribution is -2.46. The van der Waals surface area contributed by atoms with Gasteiger partial charge < -0.3 is 14.5 Å². The van der Waals surface area contributed by atoms with E-state index in [1.807, 2.05) is 30.3 Å². The zero-order chi connectivity index (χ0) is 20.6. The first-order valence-corrected chi connectivity index (χ1v) is 10.4. The highest BCUT2D eigenvalue weighted by molar-refractivity contribution is 7.99. The fourth-order valence-electron chi connectivity index (χ4n) is 2.94. The second-order valence-corrected chi connectivity index (χ2v) is 7.67. The van der Waals surface area contributed by atoms with Crippen LogP contribution in [0, 0.1) is 0 Å². The monoisotopic (exact) mass is 419 g/mol. The summed E-state index contributed by atoms with van der Waals surface area (Å²) in [5.74, 6) is -0.182. The molecule has 0 saturated carbocycles. The molecule has 0 spiro atoms. The van der Waals surface area contributed by atoms with Gasteiger partial charge in [-0.3, -0.25) is 14.2 Å². The van der Waals surface area contributed by atoms with Crippen LogP contribution in [0.1, 0.15) is 5.56 Å². The number of aryl methyl sites for hydroxylation is 1. The molecule has 0 bridgehead atoms. The summed E-state index contributed by atoms with van der Waals surface area (Å²) in [7, 11) is 1.61. The predicted octanol–water partition coefficient (Wildman–Crippen LogP) is 0.223. The summed E-state index contributed by atoms with van der Waals surface area (Å²) in [6, 6.07) is 9.86. The van der Waals surface area contributed by atoms with E-state index >= 15 is 0 Å². The fourth-order valence-corrected chi connectivity index (χ4v) is 3.85. The van der Waals surface area contributed by atoms with Crippen LogP contribution >= 0.6 is 11.8 Å². The number of nitrogens with one attached hydrogen (secondary N) is 1. The SMILES string of the molecule is CN(CC(=O)N1CCOCC1)C(=O)CSc1n[nH]c(=O)n1CCc1ccccc1. The standard InChI is InChI=1S/C19H25N5O4S/c1-22(13-16(25)23-9-11-28-12-10-23)17(26)14-29-19-21-20-18(27)24(19)8-7-15-5-3-2-4-6-15/h2-6H,7-14H2,1H3,(H,20,27). The predicted molar refractivity (Wildman–Crippen MR) is 109 cm³/mol. The van der Waals surface area contributed by atoms with E-state index in [1.165, 1.54) is 21.2 Å². The largest absolute Gasteiger partial charge is 0.378 e. The topological polar surface area (TPSA) is 101 Å². The summed E-state index contributed by atoms with van der Waals surface area (Å²) in [4.78, 5) is 39.8. The Morgan fingerprint density at radius 2 is 1.97 bits per heavy atom. The number of ether oxygens (including phenoxy) is 1. The Kier molecular flexibility index (Phi) is 7.48. The first kappa shape index (κ1) is 21.1. The number of carbonyl (C=O) groups excluding carboxylic acids is 2. The van der Waals surface area contributed by atoms with E-state index in [-0.39, 0.29) is 29.8 Å². The lowest BCUT2D eigenvalue weighted by Gasteiger charge is -2.28. The first-order chi connectivity index (χ1) is 14.0. The second kappa shape index (κ2) is 10.3. The Morgan fingerprint density at radius 3 is 2.69 bits per heavy atom. The van der Waals surface area contributed by atoms with Crippen LogP contribution in [0.5, 0.6) is 0 Å². The third kappa shape index (κ3) is 5.94. The molecule has 0 radical (unpaired) electrons. The van der Waals surface area contributed by atoms with Crippen molar-refractivity contribution in [3.05, 3.63) is 46.4 Å². The first-order valence-electron chi connectivity index (χ1n) is 9.46. The van der Waals surface area contributed by atoms with Gasteiger partial charge in [0.2, 0.25) is 11.8 Å². The third-order valence-electron chi connectivity index (χ3n) is 4.68. The quantitative estimate of drug-likeness (QED) is 0.615. The van der Waals surface area contributed by atoms with Crippen molar-refractivity contribution in [1.82, 2.24) is 24.6 Å². The summed E-state index contributed by atoms with van der Waals surface area (Å²) in [6.07, 6.45) is 0.690. The van der Waals surface area contributed by atoms with Crippen LogP contribution in [-0.2, 0) is 27.3 Å². The van der Waals surface area contributed by atoms with E-state index in [0.717, 1.165) is 5.56 Å². The van der Waals surface area contributed by atoms with Gasteiger partial charge in [-0.15, -0.1) is 5.10 Å². The van der Waals surface area contributed by atoms with Crippen molar-refractivity contribution in [3.63, 3.8) is 0 Å². The van der Waals surface area contributed by atoms with Gasteiger partial charge >= 0.3 is 5.69 Å². The van der Waals surface area contributed by atoms with Crippen molar-refractivity contribution < 1.29 is 14.3 Å². The Morgan fingerprint density at radius 1 is 1.24 bits per heavy atom. The average Bonchev–Trinajstić information content (AvgIpc) is 3.11. The van der Waals surface area contributed by atoms with Crippen LogP contribution in [-0.4, -0.2) is 82.0 Å². The maximum atomic E-state index is 12.4. The van der Waals surface area contributed by atoms with Crippen molar-refractivity contribution in [2.45, 2.75) is 18.1 Å². The van der Waals surface area contributed by atoms with Gasteiger partial charge in [0, 0.05) is 26.7 Å². The molecule has 1 aliphatic heterocycles. The molecule has 10 heteroatoms. The highest BCUT2D eigenvalue weighted by Crippen LogP contribution is 2.14. The minimum atomic E-state index is -0.299. The molecule has 2 heterocycles. The number of aromatic nitrogens is 3. The molecule has 156 valence electrons. The number of benzene rings is 1. The highest BCUT2D eigenvalue weighted by Gasteiger charge is 2.21. The number of H-pyrrole nitrogens is 1. The minimum Gasteiger partial charge on any atom is -0.378 e. The van der Waals surface area contributed by atoms with Gasteiger partial charge in [-0.05, 0) is 12.0 Å². The molecule has 3 rings (SSSR count). The molecule has 0 atom stereocenters. The van der Waals surface area contributed by atoms with Gasteiger partial charge in [-0.1, -0.05) is 42.1 Å². The van der Waals surface area contributed by atoms with E-state index in [9.17, 15) is 14.4 Å². The number of hydrogen-bond donors (Lipinski definition) is 1. The fraction of sp³-hybridized carbons (Fsp3) is 0.474. The Balaban J connectivity index is 1.50. The average molecular weight is 420 g/mol. The molecule has 1 aliphatic rings. The van der Waals surface area contributed by atoms with Crippen LogP contribution < -0.4 is 5.69 Å². The molecule has 1 aromatic heterocycles. The summed E-state index contributed by atoms with van der Waals surface area (Å²) in [5, 5.41) is 6.93. The molecule has 29 heavy (non-hydrogen) atoms. The van der Waals surface area contributed by atoms with Crippen LogP contribution in [0.15, 0.2) is 40.3 Å². The summed E-state index contributed by atoms with van der Waals surface area (Å²) in [5.41, 5.74) is 0.820. The molecule has 9 nitrogen and oxygen atoms in total. The molecule has 0 unspecified atom stereocenters. The van der Waals surface area contributed by atoms with E-state index in [4.69, 9.17) is 4.74 Å². The normalized spacial score (nSPS) is 14.0. The molecular weight excluding hydrogens is 394 g/mol. The van der Waals surface area contributed by atoms with Crippen molar-refractivity contribution in [2.24, 2.45) is 0 Å². The maximum Gasteiger partial charge on any atom is 0.343 e. The molecule has 2 amide bonds. The van der Waals surface area contributed by atoms with Crippen LogP contribution in [0.2, 0.25) is 0 Å². The van der Waals surface area contributed by atoms with E-state index in [0.29, 0.717) is 44.4 Å². The molecule has 2 aromatic rings. The smallest absolute Gasteiger partial charge is 0.343 e. The minimum absolute atomic E-state index is 0.0285. The van der Waals surface area contributed by atoms with Crippen LogP contribution in [0.4, 0.5) is 0 Å². The van der Waals surface area contributed by atoms with E-state index < -0.39 is 0 Å². The second-order valence-electron chi connectivity index (χ2n) is 6.73. The lowest BCUT2D eigenvalue weighted by molar-refractivity contribution is -0.140. The molecule has 1 fully saturated rings. The summed E-state index contributed by atoms with van der Waals surface area (Å²) in [6.45, 7) is 2.66. The number of rotatable bonds is 8. The van der Waals surface area contributed by atoms with Gasteiger partial charge in [0.05, 0.1) is 25.5 Å². The van der Waals surface area contributed by atoms with Gasteiger partial charge in [0.25, 0.3) is 0 Å². The van der Waals surface area contributed by atoms with Crippen LogP contribution in [0.25, 0.3) is 0 Å². The molecule has 1 aromatic carbocycles. The van der Waals surface area contributed by atoms with Crippen molar-refractivity contribution in [3.8, 4) is 0 Å². The number of amides is 2. The number of nitrogens with zero attached hydrogens (tertiary/aromatic N) is 4. The molecular formula is C19H25N5O4S. The van der Waals surface area contributed by atoms with Gasteiger partial charge in [-0.2, -0.15) is 0 Å². The third-order valence-corrected chi connectivity index (χ3v) is 5.64.